The second-order valence-electron chi connectivity index (χ2n) is 3.61. The van der Waals surface area contributed by atoms with Gasteiger partial charge in [-0.25, -0.2) is 9.37 Å². The molecule has 17 heavy (non-hydrogen) atoms. The van der Waals surface area contributed by atoms with Gasteiger partial charge in [-0.2, -0.15) is 0 Å². The van der Waals surface area contributed by atoms with E-state index in [4.69, 9.17) is 14.9 Å². The molecule has 1 aromatic heterocycles. The van der Waals surface area contributed by atoms with Gasteiger partial charge in [-0.1, -0.05) is 12.1 Å². The number of methoxy groups -OCH3 is 1. The maximum Gasteiger partial charge on any atom is 0.211 e. The summed E-state index contributed by atoms with van der Waals surface area (Å²) < 4.78 is 23.6. The molecule has 1 atom stereocenters. The molecule has 2 rings (SSSR count). The number of ether oxygens (including phenoxy) is 1. The smallest absolute Gasteiger partial charge is 0.211 e. The van der Waals surface area contributed by atoms with Gasteiger partial charge in [-0.15, -0.1) is 0 Å². The summed E-state index contributed by atoms with van der Waals surface area (Å²) in [6.45, 7) is 0. The third kappa shape index (κ3) is 2.45. The molecule has 0 saturated heterocycles. The van der Waals surface area contributed by atoms with Gasteiger partial charge in [0.15, 0.2) is 11.6 Å². The fourth-order valence-electron chi connectivity index (χ4n) is 1.68. The van der Waals surface area contributed by atoms with Crippen LogP contribution in [0, 0.1) is 5.82 Å². The summed E-state index contributed by atoms with van der Waals surface area (Å²) in [5.74, 6) is 0.246. The Bertz CT molecular complexity index is 485. The van der Waals surface area contributed by atoms with Gasteiger partial charge in [0, 0.05) is 6.42 Å². The molecule has 0 amide bonds. The van der Waals surface area contributed by atoms with Crippen molar-refractivity contribution in [2.75, 3.05) is 7.11 Å². The van der Waals surface area contributed by atoms with Gasteiger partial charge in [0.25, 0.3) is 0 Å². The Hall–Kier alpha value is -1.88. The molecule has 2 aromatic rings. The molecule has 1 aromatic carbocycles. The molecule has 90 valence electrons. The number of benzene rings is 1. The average molecular weight is 236 g/mol. The summed E-state index contributed by atoms with van der Waals surface area (Å²) in [4.78, 5) is 3.96. The zero-order valence-electron chi connectivity index (χ0n) is 9.39. The standard InChI is InChI=1S/C12H13FN2O2/c1-16-11-8(3-2-4-9(11)13)7-10(14)12-15-5-6-17-12/h2-6,10H,7,14H2,1H3. The van der Waals surface area contributed by atoms with E-state index in [2.05, 4.69) is 4.98 Å². The van der Waals surface area contributed by atoms with Gasteiger partial charge in [0.05, 0.1) is 19.3 Å². The van der Waals surface area contributed by atoms with Crippen LogP contribution in [0.15, 0.2) is 35.1 Å². The number of hydrogen-bond donors (Lipinski definition) is 1. The highest BCUT2D eigenvalue weighted by molar-refractivity contribution is 5.35. The lowest BCUT2D eigenvalue weighted by Gasteiger charge is -2.12. The first-order chi connectivity index (χ1) is 8.22. The van der Waals surface area contributed by atoms with Crippen LogP contribution in [0.3, 0.4) is 0 Å². The van der Waals surface area contributed by atoms with Crippen LogP contribution >= 0.6 is 0 Å². The summed E-state index contributed by atoms with van der Waals surface area (Å²) in [6.07, 6.45) is 3.39. The van der Waals surface area contributed by atoms with Crippen LogP contribution in [0.25, 0.3) is 0 Å². The molecule has 0 aliphatic carbocycles. The first-order valence-electron chi connectivity index (χ1n) is 5.18. The van der Waals surface area contributed by atoms with E-state index in [1.165, 1.54) is 25.6 Å². The van der Waals surface area contributed by atoms with E-state index in [9.17, 15) is 4.39 Å². The molecule has 0 spiro atoms. The Kier molecular flexibility index (Phi) is 3.39. The second kappa shape index (κ2) is 4.97. The van der Waals surface area contributed by atoms with Crippen LogP contribution in [-0.2, 0) is 6.42 Å². The molecular formula is C12H13FN2O2. The number of para-hydroxylation sites is 1. The minimum Gasteiger partial charge on any atom is -0.493 e. The van der Waals surface area contributed by atoms with E-state index < -0.39 is 11.9 Å². The van der Waals surface area contributed by atoms with Crippen molar-refractivity contribution >= 4 is 0 Å². The third-order valence-corrected chi connectivity index (χ3v) is 2.46. The van der Waals surface area contributed by atoms with Gasteiger partial charge in [-0.05, 0) is 11.6 Å². The number of aromatic nitrogens is 1. The molecule has 1 heterocycles. The lowest BCUT2D eigenvalue weighted by Crippen LogP contribution is -2.14. The predicted molar refractivity (Wildman–Crippen MR) is 60.1 cm³/mol. The summed E-state index contributed by atoms with van der Waals surface area (Å²) in [5, 5.41) is 0. The Morgan fingerprint density at radius 2 is 2.35 bits per heavy atom. The second-order valence-corrected chi connectivity index (χ2v) is 3.61. The summed E-state index contributed by atoms with van der Waals surface area (Å²) in [5.41, 5.74) is 6.60. The van der Waals surface area contributed by atoms with Gasteiger partial charge in [-0.3, -0.25) is 0 Å². The molecule has 2 N–H and O–H groups in total. The quantitative estimate of drug-likeness (QED) is 0.882. The Morgan fingerprint density at radius 3 is 3.00 bits per heavy atom. The molecule has 1 unspecified atom stereocenters. The monoisotopic (exact) mass is 236 g/mol. The van der Waals surface area contributed by atoms with Crippen LogP contribution < -0.4 is 10.5 Å². The number of nitrogens with two attached hydrogens (primary N) is 1. The van der Waals surface area contributed by atoms with Crippen molar-refractivity contribution in [3.63, 3.8) is 0 Å². The zero-order valence-corrected chi connectivity index (χ0v) is 9.39. The molecular weight excluding hydrogens is 223 g/mol. The van der Waals surface area contributed by atoms with Crippen molar-refractivity contribution in [2.24, 2.45) is 5.73 Å². The highest BCUT2D eigenvalue weighted by atomic mass is 19.1. The highest BCUT2D eigenvalue weighted by Crippen LogP contribution is 2.25. The van der Waals surface area contributed by atoms with Crippen LogP contribution in [0.5, 0.6) is 5.75 Å². The van der Waals surface area contributed by atoms with E-state index in [1.807, 2.05) is 0 Å². The lowest BCUT2D eigenvalue weighted by molar-refractivity contribution is 0.377. The summed E-state index contributed by atoms with van der Waals surface area (Å²) in [7, 11) is 1.43. The number of rotatable bonds is 4. The van der Waals surface area contributed by atoms with E-state index in [0.717, 1.165) is 0 Å². The van der Waals surface area contributed by atoms with Crippen molar-refractivity contribution in [2.45, 2.75) is 12.5 Å². The summed E-state index contributed by atoms with van der Waals surface area (Å²) in [6, 6.07) is 4.32. The minimum atomic E-state index is -0.416. The van der Waals surface area contributed by atoms with Crippen molar-refractivity contribution in [3.05, 3.63) is 47.9 Å². The fourth-order valence-corrected chi connectivity index (χ4v) is 1.68. The average Bonchev–Trinajstić information content (AvgIpc) is 2.82. The fraction of sp³-hybridized carbons (Fsp3) is 0.250. The molecule has 0 aliphatic rings. The maximum absolute atomic E-state index is 13.4. The number of halogens is 1. The van der Waals surface area contributed by atoms with Crippen molar-refractivity contribution in [1.29, 1.82) is 0 Å². The number of nitrogens with zero attached hydrogens (tertiary/aromatic N) is 1. The molecule has 0 saturated carbocycles. The molecule has 5 heteroatoms. The Balaban J connectivity index is 2.21. The Morgan fingerprint density at radius 1 is 1.53 bits per heavy atom. The topological polar surface area (TPSA) is 61.3 Å². The van der Waals surface area contributed by atoms with Gasteiger partial charge < -0.3 is 14.9 Å². The van der Waals surface area contributed by atoms with Crippen LogP contribution in [0.1, 0.15) is 17.5 Å². The first-order valence-corrected chi connectivity index (χ1v) is 5.18. The molecule has 0 fully saturated rings. The normalized spacial score (nSPS) is 12.4. The van der Waals surface area contributed by atoms with E-state index in [0.29, 0.717) is 17.9 Å². The first kappa shape index (κ1) is 11.6. The molecule has 4 nitrogen and oxygen atoms in total. The number of oxazole rings is 1. The maximum atomic E-state index is 13.4. The molecule has 0 aliphatic heterocycles. The highest BCUT2D eigenvalue weighted by Gasteiger charge is 2.16. The summed E-state index contributed by atoms with van der Waals surface area (Å²) >= 11 is 0. The van der Waals surface area contributed by atoms with E-state index in [1.54, 1.807) is 12.1 Å². The number of hydrogen-bond acceptors (Lipinski definition) is 4. The van der Waals surface area contributed by atoms with E-state index >= 15 is 0 Å². The largest absolute Gasteiger partial charge is 0.493 e. The zero-order chi connectivity index (χ0) is 12.3. The van der Waals surface area contributed by atoms with Crippen LogP contribution in [0.4, 0.5) is 4.39 Å². The predicted octanol–water partition coefficient (Wildman–Crippen LogP) is 2.06. The van der Waals surface area contributed by atoms with Crippen molar-refractivity contribution < 1.29 is 13.5 Å². The van der Waals surface area contributed by atoms with Gasteiger partial charge in [0.1, 0.15) is 6.26 Å². The molecule has 0 radical (unpaired) electrons. The van der Waals surface area contributed by atoms with Crippen molar-refractivity contribution in [1.82, 2.24) is 4.98 Å². The van der Waals surface area contributed by atoms with Gasteiger partial charge >= 0.3 is 0 Å². The lowest BCUT2D eigenvalue weighted by atomic mass is 10.1. The van der Waals surface area contributed by atoms with E-state index in [-0.39, 0.29) is 5.75 Å². The minimum absolute atomic E-state index is 0.217. The van der Waals surface area contributed by atoms with Crippen LogP contribution in [-0.4, -0.2) is 12.1 Å². The van der Waals surface area contributed by atoms with Crippen molar-refractivity contribution in [3.8, 4) is 5.75 Å². The SMILES string of the molecule is COc1c(F)cccc1CC(N)c1ncco1. The van der Waals surface area contributed by atoms with Gasteiger partial charge in [0.2, 0.25) is 5.89 Å². The Labute approximate surface area is 98.2 Å². The van der Waals surface area contributed by atoms with Crippen LogP contribution in [0.2, 0.25) is 0 Å². The molecule has 0 bridgehead atoms. The third-order valence-electron chi connectivity index (χ3n) is 2.46.